The highest BCUT2D eigenvalue weighted by atomic mass is 35.5. The topological polar surface area (TPSA) is 57.2 Å². The number of rotatable bonds is 3. The lowest BCUT2D eigenvalue weighted by molar-refractivity contribution is 0.931. The minimum Gasteiger partial charge on any atom is -0.371 e. The van der Waals surface area contributed by atoms with Crippen molar-refractivity contribution in [1.29, 1.82) is 0 Å². The summed E-state index contributed by atoms with van der Waals surface area (Å²) < 4.78 is 0. The zero-order chi connectivity index (χ0) is 13.9. The summed E-state index contributed by atoms with van der Waals surface area (Å²) in [5, 5.41) is 4.01. The molecule has 20 heavy (non-hydrogen) atoms. The second-order valence-corrected chi connectivity index (χ2v) is 5.10. The Morgan fingerprint density at radius 2 is 1.85 bits per heavy atom. The van der Waals surface area contributed by atoms with Crippen LogP contribution in [-0.4, -0.2) is 23.9 Å². The van der Waals surface area contributed by atoms with E-state index in [4.69, 9.17) is 11.6 Å². The van der Waals surface area contributed by atoms with Gasteiger partial charge in [-0.05, 0) is 23.3 Å². The fourth-order valence-corrected chi connectivity index (χ4v) is 2.50. The molecule has 1 aliphatic rings. The highest BCUT2D eigenvalue weighted by Crippen LogP contribution is 2.26. The van der Waals surface area contributed by atoms with E-state index in [2.05, 4.69) is 15.3 Å². The highest BCUT2D eigenvalue weighted by molar-refractivity contribution is 6.30. The maximum absolute atomic E-state index is 11.2. The Morgan fingerprint density at radius 1 is 1.10 bits per heavy atom. The second kappa shape index (κ2) is 5.51. The molecular formula is C15H14ClN3O. The van der Waals surface area contributed by atoms with Gasteiger partial charge < -0.3 is 10.3 Å². The van der Waals surface area contributed by atoms with Crippen molar-refractivity contribution in [2.24, 2.45) is 4.99 Å². The molecule has 4 nitrogen and oxygen atoms in total. The summed E-state index contributed by atoms with van der Waals surface area (Å²) in [5.41, 5.74) is 1.99. The van der Waals surface area contributed by atoms with Crippen LogP contribution in [0, 0.1) is 0 Å². The van der Waals surface area contributed by atoms with Crippen LogP contribution in [0.15, 0.2) is 52.4 Å². The number of benzene rings is 1. The van der Waals surface area contributed by atoms with Gasteiger partial charge in [-0.1, -0.05) is 29.8 Å². The van der Waals surface area contributed by atoms with Gasteiger partial charge in [-0.25, -0.2) is 0 Å². The molecule has 0 amide bonds. The Balaban J connectivity index is 2.05. The van der Waals surface area contributed by atoms with Crippen molar-refractivity contribution >= 4 is 17.4 Å². The number of hydrogen-bond acceptors (Lipinski definition) is 3. The zero-order valence-corrected chi connectivity index (χ0v) is 11.5. The third-order valence-electron chi connectivity index (χ3n) is 3.32. The monoisotopic (exact) mass is 287 g/mol. The van der Waals surface area contributed by atoms with Gasteiger partial charge in [-0.15, -0.1) is 0 Å². The number of aromatic amines is 1. The summed E-state index contributed by atoms with van der Waals surface area (Å²) >= 11 is 5.95. The number of nitrogens with one attached hydrogen (secondary N) is 2. The minimum atomic E-state index is -0.107. The van der Waals surface area contributed by atoms with E-state index in [1.165, 1.54) is 6.07 Å². The normalized spacial score (nSPS) is 15.6. The first-order chi connectivity index (χ1) is 9.74. The molecule has 5 heteroatoms. The average Bonchev–Trinajstić information content (AvgIpc) is 2.97. The van der Waals surface area contributed by atoms with Gasteiger partial charge in [0.05, 0.1) is 12.5 Å². The molecule has 0 fully saturated rings. The van der Waals surface area contributed by atoms with Crippen molar-refractivity contribution in [1.82, 2.24) is 10.3 Å². The molecule has 2 aromatic rings. The molecule has 0 bridgehead atoms. The first kappa shape index (κ1) is 12.9. The number of amidine groups is 1. The van der Waals surface area contributed by atoms with Crippen LogP contribution in [0.3, 0.4) is 0 Å². The van der Waals surface area contributed by atoms with E-state index in [0.717, 1.165) is 30.1 Å². The van der Waals surface area contributed by atoms with Crippen LogP contribution in [0.5, 0.6) is 0 Å². The first-order valence-corrected chi connectivity index (χ1v) is 6.84. The zero-order valence-electron chi connectivity index (χ0n) is 10.8. The van der Waals surface area contributed by atoms with E-state index in [-0.39, 0.29) is 11.5 Å². The number of nitrogens with zero attached hydrogens (tertiary/aromatic N) is 1. The molecule has 0 saturated carbocycles. The van der Waals surface area contributed by atoms with E-state index in [9.17, 15) is 4.79 Å². The van der Waals surface area contributed by atoms with Crippen molar-refractivity contribution in [3.8, 4) is 0 Å². The van der Waals surface area contributed by atoms with Crippen LogP contribution in [0.25, 0.3) is 0 Å². The van der Waals surface area contributed by atoms with E-state index >= 15 is 0 Å². The quantitative estimate of drug-likeness (QED) is 0.909. The van der Waals surface area contributed by atoms with Crippen molar-refractivity contribution in [3.63, 3.8) is 0 Å². The van der Waals surface area contributed by atoms with Gasteiger partial charge in [-0.2, -0.15) is 0 Å². The van der Waals surface area contributed by atoms with Crippen molar-refractivity contribution in [2.75, 3.05) is 13.1 Å². The maximum atomic E-state index is 11.2. The van der Waals surface area contributed by atoms with Gasteiger partial charge in [0.2, 0.25) is 5.56 Å². The second-order valence-electron chi connectivity index (χ2n) is 4.66. The fourth-order valence-electron chi connectivity index (χ4n) is 2.38. The Hall–Kier alpha value is -2.07. The Morgan fingerprint density at radius 3 is 2.45 bits per heavy atom. The van der Waals surface area contributed by atoms with E-state index < -0.39 is 0 Å². The molecule has 0 saturated heterocycles. The number of aromatic nitrogens is 1. The predicted octanol–water partition coefficient (Wildman–Crippen LogP) is 2.16. The molecule has 102 valence electrons. The minimum absolute atomic E-state index is 0.00776. The molecule has 2 N–H and O–H groups in total. The summed E-state index contributed by atoms with van der Waals surface area (Å²) in [6.07, 6.45) is 1.74. The third-order valence-corrected chi connectivity index (χ3v) is 3.57. The lowest BCUT2D eigenvalue weighted by Gasteiger charge is -2.18. The van der Waals surface area contributed by atoms with Crippen LogP contribution in [0.1, 0.15) is 17.0 Å². The van der Waals surface area contributed by atoms with Gasteiger partial charge in [0.25, 0.3) is 0 Å². The van der Waals surface area contributed by atoms with E-state index in [1.54, 1.807) is 6.20 Å². The SMILES string of the molecule is O=c1ccc(C(C2=NCCN2)c2ccc(Cl)cc2)c[nH]1. The molecule has 0 aliphatic carbocycles. The average molecular weight is 288 g/mol. The van der Waals surface area contributed by atoms with Crippen LogP contribution < -0.4 is 10.9 Å². The van der Waals surface area contributed by atoms with Gasteiger partial charge in [0, 0.05) is 23.8 Å². The van der Waals surface area contributed by atoms with Crippen molar-refractivity contribution in [3.05, 3.63) is 69.1 Å². The third kappa shape index (κ3) is 2.60. The first-order valence-electron chi connectivity index (χ1n) is 6.46. The standard InChI is InChI=1S/C15H14ClN3O/c16-12-4-1-10(2-5-12)14(15-17-7-8-18-15)11-3-6-13(20)19-9-11/h1-6,9,14H,7-8H2,(H,17,18)(H,19,20). The maximum Gasteiger partial charge on any atom is 0.247 e. The number of hydrogen-bond donors (Lipinski definition) is 2. The Kier molecular flexibility index (Phi) is 3.56. The van der Waals surface area contributed by atoms with Crippen LogP contribution >= 0.6 is 11.6 Å². The molecule has 2 heterocycles. The Labute approximate surface area is 121 Å². The van der Waals surface area contributed by atoms with E-state index in [0.29, 0.717) is 5.02 Å². The van der Waals surface area contributed by atoms with Crippen molar-refractivity contribution < 1.29 is 0 Å². The molecule has 3 rings (SSSR count). The van der Waals surface area contributed by atoms with E-state index in [1.807, 2.05) is 30.3 Å². The van der Waals surface area contributed by atoms with Gasteiger partial charge >= 0.3 is 0 Å². The smallest absolute Gasteiger partial charge is 0.247 e. The fraction of sp³-hybridized carbons (Fsp3) is 0.200. The van der Waals surface area contributed by atoms with Gasteiger partial charge in [0.15, 0.2) is 0 Å². The molecular weight excluding hydrogens is 274 g/mol. The number of H-pyrrole nitrogens is 1. The summed E-state index contributed by atoms with van der Waals surface area (Å²) in [4.78, 5) is 18.5. The molecule has 0 radical (unpaired) electrons. The summed E-state index contributed by atoms with van der Waals surface area (Å²) in [5.74, 6) is 0.922. The predicted molar refractivity (Wildman–Crippen MR) is 80.7 cm³/mol. The lowest BCUT2D eigenvalue weighted by atomic mass is 9.91. The Bertz CT molecular complexity index is 671. The summed E-state index contributed by atoms with van der Waals surface area (Å²) in [7, 11) is 0. The van der Waals surface area contributed by atoms with Crippen molar-refractivity contribution in [2.45, 2.75) is 5.92 Å². The molecule has 1 atom stereocenters. The molecule has 1 aliphatic heterocycles. The molecule has 1 aromatic carbocycles. The van der Waals surface area contributed by atoms with Gasteiger partial charge in [0.1, 0.15) is 5.84 Å². The molecule has 1 unspecified atom stereocenters. The summed E-state index contributed by atoms with van der Waals surface area (Å²) in [6, 6.07) is 11.1. The number of aliphatic imine (C=N–C) groups is 1. The number of pyridine rings is 1. The van der Waals surface area contributed by atoms with Gasteiger partial charge in [-0.3, -0.25) is 9.79 Å². The lowest BCUT2D eigenvalue weighted by Crippen LogP contribution is -2.27. The number of halogens is 1. The highest BCUT2D eigenvalue weighted by Gasteiger charge is 2.22. The van der Waals surface area contributed by atoms with Crippen LogP contribution in [0.4, 0.5) is 0 Å². The van der Waals surface area contributed by atoms with Crippen LogP contribution in [-0.2, 0) is 0 Å². The van der Waals surface area contributed by atoms with Crippen LogP contribution in [0.2, 0.25) is 5.02 Å². The summed E-state index contributed by atoms with van der Waals surface area (Å²) in [6.45, 7) is 1.63. The molecule has 0 spiro atoms. The molecule has 1 aromatic heterocycles. The largest absolute Gasteiger partial charge is 0.371 e.